The van der Waals surface area contributed by atoms with E-state index in [9.17, 15) is 13.2 Å². The minimum Gasteiger partial charge on any atom is -0.325 e. The van der Waals surface area contributed by atoms with Crippen molar-refractivity contribution in [1.29, 1.82) is 0 Å². The molecule has 0 radical (unpaired) electrons. The van der Waals surface area contributed by atoms with Gasteiger partial charge in [-0.2, -0.15) is 0 Å². The van der Waals surface area contributed by atoms with Gasteiger partial charge in [-0.1, -0.05) is 18.2 Å². The molecule has 0 bridgehead atoms. The number of hydrogen-bond donors (Lipinski definition) is 2. The lowest BCUT2D eigenvalue weighted by Crippen LogP contribution is -2.37. The second-order valence-electron chi connectivity index (χ2n) is 6.64. The van der Waals surface area contributed by atoms with Gasteiger partial charge in [0.2, 0.25) is 5.91 Å². The van der Waals surface area contributed by atoms with Crippen molar-refractivity contribution in [3.63, 3.8) is 0 Å². The molecule has 8 heteroatoms. The summed E-state index contributed by atoms with van der Waals surface area (Å²) in [7, 11) is -3.15. The minimum absolute atomic E-state index is 0.0867. The normalized spacial score (nSPS) is 12.9. The van der Waals surface area contributed by atoms with Crippen LogP contribution in [-0.4, -0.2) is 41.8 Å². The standard InChI is InChI=1S/C19H22N4O3S/c1-13-4-3-10-23-12-17(22-18(13)23)14-5-7-15(8-6-14)21-19(24)16(20)9-11-27(2,25)26/h3-8,10,12,16H,9,11,20H2,1-2H3,(H,21,24). The smallest absolute Gasteiger partial charge is 0.241 e. The third-order valence-electron chi connectivity index (χ3n) is 4.26. The van der Waals surface area contributed by atoms with Crippen LogP contribution in [0, 0.1) is 6.92 Å². The molecule has 142 valence electrons. The molecule has 0 fully saturated rings. The van der Waals surface area contributed by atoms with Gasteiger partial charge in [0.1, 0.15) is 15.5 Å². The lowest BCUT2D eigenvalue weighted by atomic mass is 10.1. The van der Waals surface area contributed by atoms with Gasteiger partial charge in [-0.05, 0) is 37.1 Å². The number of nitrogens with two attached hydrogens (primary N) is 1. The molecular weight excluding hydrogens is 364 g/mol. The molecule has 1 atom stereocenters. The number of nitrogens with zero attached hydrogens (tertiary/aromatic N) is 2. The van der Waals surface area contributed by atoms with Gasteiger partial charge < -0.3 is 15.5 Å². The molecule has 1 amide bonds. The van der Waals surface area contributed by atoms with Crippen molar-refractivity contribution < 1.29 is 13.2 Å². The van der Waals surface area contributed by atoms with Crippen LogP contribution in [0.1, 0.15) is 12.0 Å². The topological polar surface area (TPSA) is 107 Å². The summed E-state index contributed by atoms with van der Waals surface area (Å²) in [5.74, 6) is -0.525. The zero-order valence-corrected chi connectivity index (χ0v) is 16.0. The number of benzene rings is 1. The quantitative estimate of drug-likeness (QED) is 0.674. The highest BCUT2D eigenvalue weighted by molar-refractivity contribution is 7.90. The summed E-state index contributed by atoms with van der Waals surface area (Å²) in [6, 6.07) is 10.4. The summed E-state index contributed by atoms with van der Waals surface area (Å²) >= 11 is 0. The predicted octanol–water partition coefficient (Wildman–Crippen LogP) is 2.01. The molecule has 1 aromatic carbocycles. The number of rotatable bonds is 6. The maximum absolute atomic E-state index is 12.1. The van der Waals surface area contributed by atoms with E-state index in [4.69, 9.17) is 5.73 Å². The molecule has 0 saturated heterocycles. The van der Waals surface area contributed by atoms with Crippen LogP contribution in [0.5, 0.6) is 0 Å². The Kier molecular flexibility index (Phi) is 5.29. The van der Waals surface area contributed by atoms with Crippen LogP contribution < -0.4 is 11.1 Å². The van der Waals surface area contributed by atoms with E-state index in [-0.39, 0.29) is 12.2 Å². The number of carbonyl (C=O) groups is 1. The molecule has 3 rings (SSSR count). The number of aromatic nitrogens is 2. The summed E-state index contributed by atoms with van der Waals surface area (Å²) in [5, 5.41) is 2.71. The fourth-order valence-corrected chi connectivity index (χ4v) is 3.41. The van der Waals surface area contributed by atoms with E-state index in [1.165, 1.54) is 0 Å². The highest BCUT2D eigenvalue weighted by Gasteiger charge is 2.16. The summed E-state index contributed by atoms with van der Waals surface area (Å²) in [4.78, 5) is 16.7. The molecule has 2 heterocycles. The van der Waals surface area contributed by atoms with E-state index in [1.54, 1.807) is 12.1 Å². The number of anilines is 1. The molecule has 0 aliphatic carbocycles. The van der Waals surface area contributed by atoms with Crippen LogP contribution in [-0.2, 0) is 14.6 Å². The number of pyridine rings is 1. The summed E-state index contributed by atoms with van der Waals surface area (Å²) in [6.07, 6.45) is 5.11. The van der Waals surface area contributed by atoms with Gasteiger partial charge in [-0.3, -0.25) is 4.79 Å². The van der Waals surface area contributed by atoms with Gasteiger partial charge in [0, 0.05) is 29.9 Å². The van der Waals surface area contributed by atoms with Gasteiger partial charge >= 0.3 is 0 Å². The van der Waals surface area contributed by atoms with Crippen molar-refractivity contribution >= 4 is 27.1 Å². The largest absolute Gasteiger partial charge is 0.325 e. The SMILES string of the molecule is Cc1cccn2cc(-c3ccc(NC(=O)C(N)CCS(C)(=O)=O)cc3)nc12. The minimum atomic E-state index is -3.15. The van der Waals surface area contributed by atoms with Gasteiger partial charge in [-0.25, -0.2) is 13.4 Å². The van der Waals surface area contributed by atoms with Gasteiger partial charge in [-0.15, -0.1) is 0 Å². The van der Waals surface area contributed by atoms with E-state index in [0.717, 1.165) is 28.7 Å². The number of sulfone groups is 1. The molecule has 2 aromatic heterocycles. The number of carbonyl (C=O) groups excluding carboxylic acids is 1. The number of hydrogen-bond acceptors (Lipinski definition) is 5. The first-order valence-corrected chi connectivity index (χ1v) is 10.6. The second kappa shape index (κ2) is 7.50. The van der Waals surface area contributed by atoms with Crippen molar-refractivity contribution in [3.8, 4) is 11.3 Å². The van der Waals surface area contributed by atoms with Crippen LogP contribution >= 0.6 is 0 Å². The fourth-order valence-electron chi connectivity index (χ4n) is 2.72. The Morgan fingerprint density at radius 3 is 2.59 bits per heavy atom. The summed E-state index contributed by atoms with van der Waals surface area (Å²) in [6.45, 7) is 2.01. The molecule has 3 N–H and O–H groups in total. The summed E-state index contributed by atoms with van der Waals surface area (Å²) < 4.78 is 24.3. The van der Waals surface area contributed by atoms with E-state index in [0.29, 0.717) is 5.69 Å². The fraction of sp³-hybridized carbons (Fsp3) is 0.263. The maximum atomic E-state index is 12.1. The van der Waals surface area contributed by atoms with E-state index in [1.807, 2.05) is 48.0 Å². The highest BCUT2D eigenvalue weighted by Crippen LogP contribution is 2.22. The van der Waals surface area contributed by atoms with Crippen LogP contribution in [0.15, 0.2) is 48.8 Å². The predicted molar refractivity (Wildman–Crippen MR) is 106 cm³/mol. The van der Waals surface area contributed by atoms with Crippen molar-refractivity contribution in [2.75, 3.05) is 17.3 Å². The van der Waals surface area contributed by atoms with Crippen LogP contribution in [0.4, 0.5) is 5.69 Å². The lowest BCUT2D eigenvalue weighted by molar-refractivity contribution is -0.117. The zero-order chi connectivity index (χ0) is 19.6. The molecule has 1 unspecified atom stereocenters. The number of imidazole rings is 1. The Morgan fingerprint density at radius 2 is 1.96 bits per heavy atom. The first-order valence-electron chi connectivity index (χ1n) is 8.52. The molecule has 0 spiro atoms. The molecule has 0 aliphatic rings. The zero-order valence-electron chi connectivity index (χ0n) is 15.2. The second-order valence-corrected chi connectivity index (χ2v) is 8.90. The Bertz CT molecular complexity index is 1070. The van der Waals surface area contributed by atoms with Crippen LogP contribution in [0.3, 0.4) is 0 Å². The summed E-state index contributed by atoms with van der Waals surface area (Å²) in [5.41, 5.74) is 10.1. The molecule has 0 aliphatic heterocycles. The van der Waals surface area contributed by atoms with Crippen LogP contribution in [0.25, 0.3) is 16.9 Å². The van der Waals surface area contributed by atoms with Gasteiger partial charge in [0.15, 0.2) is 0 Å². The van der Waals surface area contributed by atoms with Crippen LogP contribution in [0.2, 0.25) is 0 Å². The monoisotopic (exact) mass is 386 g/mol. The third kappa shape index (κ3) is 4.72. The average Bonchev–Trinajstić information content (AvgIpc) is 3.05. The third-order valence-corrected chi connectivity index (χ3v) is 5.24. The lowest BCUT2D eigenvalue weighted by Gasteiger charge is -2.12. The highest BCUT2D eigenvalue weighted by atomic mass is 32.2. The number of aryl methyl sites for hydroxylation is 1. The first-order chi connectivity index (χ1) is 12.7. The Morgan fingerprint density at radius 1 is 1.26 bits per heavy atom. The average molecular weight is 386 g/mol. The van der Waals surface area contributed by atoms with Gasteiger partial charge in [0.25, 0.3) is 0 Å². The van der Waals surface area contributed by atoms with E-state index >= 15 is 0 Å². The Labute approximate surface area is 158 Å². The molecule has 0 saturated carbocycles. The van der Waals surface area contributed by atoms with Gasteiger partial charge in [0.05, 0.1) is 17.5 Å². The Hall–Kier alpha value is -2.71. The molecule has 7 nitrogen and oxygen atoms in total. The Balaban J connectivity index is 1.69. The maximum Gasteiger partial charge on any atom is 0.241 e. The molecule has 27 heavy (non-hydrogen) atoms. The first kappa shape index (κ1) is 19.1. The van der Waals surface area contributed by atoms with Crippen molar-refractivity contribution in [1.82, 2.24) is 9.38 Å². The molecule has 3 aromatic rings. The van der Waals surface area contributed by atoms with Crippen molar-refractivity contribution in [2.24, 2.45) is 5.73 Å². The van der Waals surface area contributed by atoms with Crippen molar-refractivity contribution in [3.05, 3.63) is 54.4 Å². The van der Waals surface area contributed by atoms with E-state index < -0.39 is 21.8 Å². The number of nitrogens with one attached hydrogen (secondary N) is 1. The molecular formula is C19H22N4O3S. The van der Waals surface area contributed by atoms with E-state index in [2.05, 4.69) is 10.3 Å². The number of amides is 1. The number of fused-ring (bicyclic) bond motifs is 1. The van der Waals surface area contributed by atoms with Crippen molar-refractivity contribution in [2.45, 2.75) is 19.4 Å².